The first-order valence-electron chi connectivity index (χ1n) is 7.89. The quantitative estimate of drug-likeness (QED) is 0.642. The summed E-state index contributed by atoms with van der Waals surface area (Å²) in [5, 5.41) is 7.81. The van der Waals surface area contributed by atoms with E-state index in [0.717, 1.165) is 30.2 Å². The van der Waals surface area contributed by atoms with Crippen LogP contribution in [0, 0.1) is 12.3 Å². The minimum absolute atomic E-state index is 0.107. The van der Waals surface area contributed by atoms with E-state index in [4.69, 9.17) is 16.1 Å². The highest BCUT2D eigenvalue weighted by Crippen LogP contribution is 2.29. The van der Waals surface area contributed by atoms with Crippen LogP contribution < -0.4 is 10.6 Å². The molecule has 21 heavy (non-hydrogen) atoms. The highest BCUT2D eigenvalue weighted by Gasteiger charge is 2.34. The van der Waals surface area contributed by atoms with Crippen LogP contribution in [0.5, 0.6) is 0 Å². The van der Waals surface area contributed by atoms with E-state index in [-0.39, 0.29) is 5.84 Å². The Bertz CT molecular complexity index is 541. The average Bonchev–Trinajstić information content (AvgIpc) is 2.46. The van der Waals surface area contributed by atoms with Gasteiger partial charge >= 0.3 is 0 Å². The number of rotatable bonds is 2. The summed E-state index contributed by atoms with van der Waals surface area (Å²) in [6.07, 6.45) is 3.92. The highest BCUT2D eigenvalue weighted by molar-refractivity contribution is 5.99. The average molecular weight is 287 g/mol. The van der Waals surface area contributed by atoms with Crippen molar-refractivity contribution < 1.29 is 0 Å². The number of nitrogens with one attached hydrogen (secondary N) is 1. The molecule has 2 atom stereocenters. The largest absolute Gasteiger partial charge is 0.384 e. The molecule has 2 aliphatic rings. The predicted molar refractivity (Wildman–Crippen MR) is 86.0 cm³/mol. The molecule has 0 bridgehead atoms. The zero-order chi connectivity index (χ0) is 15.0. The third kappa shape index (κ3) is 2.75. The Balaban J connectivity index is 1.92. The van der Waals surface area contributed by atoms with Gasteiger partial charge in [0.2, 0.25) is 0 Å². The minimum atomic E-state index is 0.107. The zero-order valence-electron chi connectivity index (χ0n) is 13.0. The van der Waals surface area contributed by atoms with Crippen LogP contribution in [0.25, 0.3) is 0 Å². The number of piperazine rings is 1. The second-order valence-corrected chi connectivity index (χ2v) is 6.38. The SMILES string of the molecule is Cc1ccc(C(=N)N)c(N2CC3CCCCN3CC2C)n1. The van der Waals surface area contributed by atoms with Gasteiger partial charge in [-0.1, -0.05) is 6.42 Å². The lowest BCUT2D eigenvalue weighted by molar-refractivity contribution is 0.115. The van der Waals surface area contributed by atoms with Crippen LogP contribution in [-0.2, 0) is 0 Å². The summed E-state index contributed by atoms with van der Waals surface area (Å²) in [7, 11) is 0. The normalized spacial score (nSPS) is 26.5. The van der Waals surface area contributed by atoms with E-state index >= 15 is 0 Å². The molecule has 0 spiro atoms. The number of pyridine rings is 1. The van der Waals surface area contributed by atoms with Gasteiger partial charge in [0.15, 0.2) is 0 Å². The van der Waals surface area contributed by atoms with E-state index in [1.807, 2.05) is 19.1 Å². The Morgan fingerprint density at radius 2 is 2.14 bits per heavy atom. The lowest BCUT2D eigenvalue weighted by Gasteiger charge is -2.48. The maximum Gasteiger partial charge on any atom is 0.140 e. The van der Waals surface area contributed by atoms with Gasteiger partial charge in [-0.25, -0.2) is 4.98 Å². The number of fused-ring (bicyclic) bond motifs is 1. The molecule has 0 amide bonds. The van der Waals surface area contributed by atoms with Crippen molar-refractivity contribution >= 4 is 11.7 Å². The van der Waals surface area contributed by atoms with Crippen molar-refractivity contribution in [1.82, 2.24) is 9.88 Å². The molecule has 2 saturated heterocycles. The molecule has 1 aromatic rings. The van der Waals surface area contributed by atoms with Crippen molar-refractivity contribution in [3.8, 4) is 0 Å². The smallest absolute Gasteiger partial charge is 0.140 e. The molecule has 2 unspecified atom stereocenters. The number of hydrogen-bond acceptors (Lipinski definition) is 4. The summed E-state index contributed by atoms with van der Waals surface area (Å²) in [5.41, 5.74) is 7.50. The Morgan fingerprint density at radius 3 is 2.90 bits per heavy atom. The molecule has 0 saturated carbocycles. The summed E-state index contributed by atoms with van der Waals surface area (Å²) in [6, 6.07) is 4.89. The Labute approximate surface area is 126 Å². The Hall–Kier alpha value is -1.62. The topological polar surface area (TPSA) is 69.2 Å². The van der Waals surface area contributed by atoms with E-state index in [0.29, 0.717) is 12.1 Å². The molecule has 3 rings (SSSR count). The van der Waals surface area contributed by atoms with Gasteiger partial charge in [0, 0.05) is 30.9 Å². The van der Waals surface area contributed by atoms with Gasteiger partial charge in [-0.3, -0.25) is 10.3 Å². The van der Waals surface area contributed by atoms with E-state index in [2.05, 4.69) is 16.7 Å². The molecule has 0 aromatic carbocycles. The van der Waals surface area contributed by atoms with Gasteiger partial charge in [-0.15, -0.1) is 0 Å². The zero-order valence-corrected chi connectivity index (χ0v) is 13.0. The van der Waals surface area contributed by atoms with Gasteiger partial charge in [0.25, 0.3) is 0 Å². The standard InChI is InChI=1S/C16H25N5/c1-11-6-7-14(15(17)18)16(19-11)21-10-13-5-3-4-8-20(13)9-12(21)2/h6-7,12-13H,3-5,8-10H2,1-2H3,(H3,17,18). The summed E-state index contributed by atoms with van der Waals surface area (Å²) < 4.78 is 0. The molecule has 0 radical (unpaired) electrons. The first-order chi connectivity index (χ1) is 10.1. The van der Waals surface area contributed by atoms with E-state index < -0.39 is 0 Å². The minimum Gasteiger partial charge on any atom is -0.384 e. The number of aromatic nitrogens is 1. The third-order valence-electron chi connectivity index (χ3n) is 4.76. The molecule has 3 heterocycles. The predicted octanol–water partition coefficient (Wildman–Crippen LogP) is 1.74. The summed E-state index contributed by atoms with van der Waals surface area (Å²) >= 11 is 0. The van der Waals surface area contributed by atoms with Crippen molar-refractivity contribution in [1.29, 1.82) is 5.41 Å². The second-order valence-electron chi connectivity index (χ2n) is 6.38. The molecule has 1 aromatic heterocycles. The summed E-state index contributed by atoms with van der Waals surface area (Å²) in [6.45, 7) is 7.55. The lowest BCUT2D eigenvalue weighted by atomic mass is 9.96. The van der Waals surface area contributed by atoms with Crippen molar-refractivity contribution in [2.45, 2.75) is 45.2 Å². The Morgan fingerprint density at radius 1 is 1.33 bits per heavy atom. The molecule has 2 fully saturated rings. The van der Waals surface area contributed by atoms with E-state index in [1.165, 1.54) is 25.8 Å². The first kappa shape index (κ1) is 14.3. The van der Waals surface area contributed by atoms with Crippen LogP contribution in [0.2, 0.25) is 0 Å². The van der Waals surface area contributed by atoms with Gasteiger partial charge in [-0.05, 0) is 45.4 Å². The maximum atomic E-state index is 7.81. The summed E-state index contributed by atoms with van der Waals surface area (Å²) in [4.78, 5) is 9.67. The highest BCUT2D eigenvalue weighted by atomic mass is 15.3. The van der Waals surface area contributed by atoms with Crippen LogP contribution in [0.15, 0.2) is 12.1 Å². The van der Waals surface area contributed by atoms with Gasteiger partial charge in [0.05, 0.1) is 5.56 Å². The number of anilines is 1. The van der Waals surface area contributed by atoms with E-state index in [9.17, 15) is 0 Å². The molecular formula is C16H25N5. The molecular weight excluding hydrogens is 262 g/mol. The summed E-state index contributed by atoms with van der Waals surface area (Å²) in [5.74, 6) is 0.996. The van der Waals surface area contributed by atoms with Crippen molar-refractivity contribution in [3.05, 3.63) is 23.4 Å². The number of piperidine rings is 1. The molecule has 5 heteroatoms. The fourth-order valence-electron chi connectivity index (χ4n) is 3.62. The fraction of sp³-hybridized carbons (Fsp3) is 0.625. The molecule has 5 nitrogen and oxygen atoms in total. The van der Waals surface area contributed by atoms with Crippen LogP contribution in [0.3, 0.4) is 0 Å². The lowest BCUT2D eigenvalue weighted by Crippen LogP contribution is -2.59. The molecule has 0 aliphatic carbocycles. The fourth-order valence-corrected chi connectivity index (χ4v) is 3.62. The van der Waals surface area contributed by atoms with Crippen molar-refractivity contribution in [3.63, 3.8) is 0 Å². The maximum absolute atomic E-state index is 7.81. The second kappa shape index (κ2) is 5.64. The molecule has 3 N–H and O–H groups in total. The van der Waals surface area contributed by atoms with Crippen LogP contribution in [0.4, 0.5) is 5.82 Å². The van der Waals surface area contributed by atoms with Crippen molar-refractivity contribution in [2.75, 3.05) is 24.5 Å². The van der Waals surface area contributed by atoms with Crippen LogP contribution >= 0.6 is 0 Å². The number of nitrogens with two attached hydrogens (primary N) is 1. The van der Waals surface area contributed by atoms with Gasteiger partial charge < -0.3 is 10.6 Å². The number of amidine groups is 1. The van der Waals surface area contributed by atoms with Crippen LogP contribution in [0.1, 0.15) is 37.4 Å². The Kier molecular flexibility index (Phi) is 3.85. The molecule has 2 aliphatic heterocycles. The molecule has 114 valence electrons. The van der Waals surface area contributed by atoms with Gasteiger partial charge in [-0.2, -0.15) is 0 Å². The number of nitrogen functional groups attached to an aromatic ring is 1. The first-order valence-corrected chi connectivity index (χ1v) is 7.89. The van der Waals surface area contributed by atoms with Gasteiger partial charge in [0.1, 0.15) is 11.7 Å². The van der Waals surface area contributed by atoms with Crippen molar-refractivity contribution in [2.24, 2.45) is 5.73 Å². The van der Waals surface area contributed by atoms with Crippen LogP contribution in [-0.4, -0.2) is 47.4 Å². The monoisotopic (exact) mass is 287 g/mol. The number of hydrogen-bond donors (Lipinski definition) is 2. The van der Waals surface area contributed by atoms with E-state index in [1.54, 1.807) is 0 Å². The number of aryl methyl sites for hydroxylation is 1. The number of nitrogens with zero attached hydrogens (tertiary/aromatic N) is 3. The third-order valence-corrected chi connectivity index (χ3v) is 4.76.